The third-order valence-corrected chi connectivity index (χ3v) is 8.01. The van der Waals surface area contributed by atoms with E-state index in [0.29, 0.717) is 32.6 Å². The molecular weight excluding hydrogens is 551 g/mol. The number of para-hydroxylation sites is 1. The van der Waals surface area contributed by atoms with Crippen LogP contribution < -0.4 is 9.47 Å². The molecule has 4 aromatic rings. The van der Waals surface area contributed by atoms with Crippen LogP contribution >= 0.6 is 27.3 Å². The SMILES string of the molecule is O=C(O)[C@@H](Cc1ccccc1OC1CCCCO1)Oc1ncnc2sc(-c3ccc(F)cc3)c(Br)c12. The highest BCUT2D eigenvalue weighted by Crippen LogP contribution is 2.44. The summed E-state index contributed by atoms with van der Waals surface area (Å²) in [6, 6.07) is 13.4. The van der Waals surface area contributed by atoms with Crippen LogP contribution in [-0.4, -0.2) is 40.0 Å². The maximum absolute atomic E-state index is 13.4. The molecule has 7 nitrogen and oxygen atoms in total. The minimum absolute atomic E-state index is 0.0658. The Kier molecular flexibility index (Phi) is 7.45. The summed E-state index contributed by atoms with van der Waals surface area (Å²) in [6.45, 7) is 0.646. The molecule has 1 N–H and O–H groups in total. The number of hydrogen-bond acceptors (Lipinski definition) is 7. The van der Waals surface area contributed by atoms with Crippen LogP contribution in [0.1, 0.15) is 24.8 Å². The number of nitrogens with zero attached hydrogens (tertiary/aromatic N) is 2. The Hall–Kier alpha value is -3.08. The van der Waals surface area contributed by atoms with Crippen molar-refractivity contribution in [3.63, 3.8) is 0 Å². The number of ether oxygens (including phenoxy) is 3. The van der Waals surface area contributed by atoms with Crippen LogP contribution in [-0.2, 0) is 16.0 Å². The first-order valence-electron chi connectivity index (χ1n) is 11.4. The quantitative estimate of drug-likeness (QED) is 0.267. The molecule has 0 saturated carbocycles. The van der Waals surface area contributed by atoms with Crippen molar-refractivity contribution in [3.05, 3.63) is 70.7 Å². The summed E-state index contributed by atoms with van der Waals surface area (Å²) in [5.74, 6) is -0.737. The maximum atomic E-state index is 13.4. The van der Waals surface area contributed by atoms with Crippen LogP contribution in [0.25, 0.3) is 20.7 Å². The number of aliphatic carboxylic acids is 1. The van der Waals surface area contributed by atoms with E-state index in [-0.39, 0.29) is 24.4 Å². The molecular formula is C26H22BrFN2O5S. The normalized spacial score (nSPS) is 16.6. The fourth-order valence-corrected chi connectivity index (χ4v) is 5.99. The fraction of sp³-hybridized carbons (Fsp3) is 0.269. The number of carboxylic acid groups (broad SMARTS) is 1. The van der Waals surface area contributed by atoms with Crippen molar-refractivity contribution in [2.75, 3.05) is 6.61 Å². The van der Waals surface area contributed by atoms with Gasteiger partial charge in [-0.3, -0.25) is 0 Å². The molecule has 1 saturated heterocycles. The second-order valence-corrected chi connectivity index (χ2v) is 10.1. The van der Waals surface area contributed by atoms with Gasteiger partial charge in [0.1, 0.15) is 22.7 Å². The third kappa shape index (κ3) is 5.35. The zero-order chi connectivity index (χ0) is 25.1. The van der Waals surface area contributed by atoms with Crippen molar-refractivity contribution in [2.45, 2.75) is 38.1 Å². The number of fused-ring (bicyclic) bond motifs is 1. The number of carbonyl (C=O) groups is 1. The van der Waals surface area contributed by atoms with Gasteiger partial charge in [0.25, 0.3) is 0 Å². The van der Waals surface area contributed by atoms with Crippen molar-refractivity contribution < 1.29 is 28.5 Å². The van der Waals surface area contributed by atoms with Gasteiger partial charge >= 0.3 is 5.97 Å². The number of benzene rings is 2. The lowest BCUT2D eigenvalue weighted by Crippen LogP contribution is -2.30. The Labute approximate surface area is 219 Å². The topological polar surface area (TPSA) is 90.8 Å². The lowest BCUT2D eigenvalue weighted by atomic mass is 10.1. The molecule has 0 spiro atoms. The van der Waals surface area contributed by atoms with E-state index in [4.69, 9.17) is 14.2 Å². The monoisotopic (exact) mass is 572 g/mol. The van der Waals surface area contributed by atoms with E-state index in [1.165, 1.54) is 29.8 Å². The molecule has 1 aliphatic rings. The average molecular weight is 573 g/mol. The molecule has 0 amide bonds. The summed E-state index contributed by atoms with van der Waals surface area (Å²) in [4.78, 5) is 22.2. The number of halogens is 2. The minimum atomic E-state index is -1.22. The highest BCUT2D eigenvalue weighted by Gasteiger charge is 2.26. The average Bonchev–Trinajstić information content (AvgIpc) is 3.23. The molecule has 10 heteroatoms. The molecule has 0 radical (unpaired) electrons. The van der Waals surface area contributed by atoms with E-state index in [1.807, 2.05) is 18.2 Å². The van der Waals surface area contributed by atoms with E-state index in [2.05, 4.69) is 25.9 Å². The van der Waals surface area contributed by atoms with Gasteiger partial charge in [-0.05, 0) is 58.1 Å². The largest absolute Gasteiger partial charge is 0.478 e. The Bertz CT molecular complexity index is 1370. The van der Waals surface area contributed by atoms with Gasteiger partial charge in [-0.15, -0.1) is 11.3 Å². The molecule has 2 aromatic carbocycles. The zero-order valence-electron chi connectivity index (χ0n) is 19.0. The van der Waals surface area contributed by atoms with E-state index >= 15 is 0 Å². The van der Waals surface area contributed by atoms with E-state index in [0.717, 1.165) is 29.7 Å². The highest BCUT2D eigenvalue weighted by molar-refractivity contribution is 9.10. The molecule has 5 rings (SSSR count). The number of hydrogen-bond donors (Lipinski definition) is 1. The summed E-state index contributed by atoms with van der Waals surface area (Å²) in [5.41, 5.74) is 1.49. The number of thiophene rings is 1. The van der Waals surface area contributed by atoms with Gasteiger partial charge in [-0.25, -0.2) is 19.2 Å². The predicted molar refractivity (Wildman–Crippen MR) is 137 cm³/mol. The summed E-state index contributed by atoms with van der Waals surface area (Å²) in [7, 11) is 0. The van der Waals surface area contributed by atoms with Crippen LogP contribution in [0.3, 0.4) is 0 Å². The van der Waals surface area contributed by atoms with Gasteiger partial charge in [0.15, 0.2) is 6.29 Å². The van der Waals surface area contributed by atoms with Gasteiger partial charge in [0.2, 0.25) is 12.0 Å². The standard InChI is InChI=1S/C26H22BrFN2O5S/c27-22-21-24(29-14-30-25(21)36-23(22)15-8-10-17(28)11-9-15)35-19(26(31)32)13-16-5-1-2-6-18(16)34-20-7-3-4-12-33-20/h1-2,5-6,8-11,14,19-20H,3-4,7,12-13H2,(H,31,32)/t19-,20?/m1/s1. The van der Waals surface area contributed by atoms with Gasteiger partial charge in [0.05, 0.1) is 21.3 Å². The fourth-order valence-electron chi connectivity index (χ4n) is 4.00. The van der Waals surface area contributed by atoms with Crippen LogP contribution in [0, 0.1) is 5.82 Å². The van der Waals surface area contributed by atoms with E-state index < -0.39 is 12.1 Å². The van der Waals surface area contributed by atoms with Gasteiger partial charge in [0, 0.05) is 12.8 Å². The van der Waals surface area contributed by atoms with Crippen molar-refractivity contribution in [1.29, 1.82) is 0 Å². The zero-order valence-corrected chi connectivity index (χ0v) is 21.4. The van der Waals surface area contributed by atoms with Crippen LogP contribution in [0.4, 0.5) is 4.39 Å². The first-order chi connectivity index (χ1) is 17.5. The summed E-state index contributed by atoms with van der Waals surface area (Å²) in [5, 5.41) is 10.5. The van der Waals surface area contributed by atoms with E-state index in [9.17, 15) is 14.3 Å². The second kappa shape index (κ2) is 10.9. The number of aromatic nitrogens is 2. The summed E-state index contributed by atoms with van der Waals surface area (Å²) in [6.07, 6.45) is 2.65. The Morgan fingerprint density at radius 3 is 2.75 bits per heavy atom. The second-order valence-electron chi connectivity index (χ2n) is 8.28. The van der Waals surface area contributed by atoms with Crippen LogP contribution in [0.2, 0.25) is 0 Å². The molecule has 1 aliphatic heterocycles. The van der Waals surface area contributed by atoms with E-state index in [1.54, 1.807) is 18.2 Å². The molecule has 1 fully saturated rings. The first-order valence-corrected chi connectivity index (χ1v) is 13.0. The highest BCUT2D eigenvalue weighted by atomic mass is 79.9. The molecule has 0 aliphatic carbocycles. The molecule has 1 unspecified atom stereocenters. The maximum Gasteiger partial charge on any atom is 0.345 e. The number of rotatable bonds is 8. The molecule has 0 bridgehead atoms. The molecule has 2 aromatic heterocycles. The molecule has 36 heavy (non-hydrogen) atoms. The summed E-state index contributed by atoms with van der Waals surface area (Å²) < 4.78 is 31.8. The Morgan fingerprint density at radius 1 is 1.19 bits per heavy atom. The first kappa shape index (κ1) is 24.6. The van der Waals surface area contributed by atoms with Crippen molar-refractivity contribution in [1.82, 2.24) is 9.97 Å². The van der Waals surface area contributed by atoms with Gasteiger partial charge in [-0.1, -0.05) is 30.3 Å². The van der Waals surface area contributed by atoms with Crippen LogP contribution in [0.15, 0.2) is 59.3 Å². The molecule has 3 heterocycles. The van der Waals surface area contributed by atoms with Crippen molar-refractivity contribution >= 4 is 43.5 Å². The predicted octanol–water partition coefficient (Wildman–Crippen LogP) is 6.24. The van der Waals surface area contributed by atoms with Crippen molar-refractivity contribution in [3.8, 4) is 22.1 Å². The van der Waals surface area contributed by atoms with Gasteiger partial charge < -0.3 is 19.3 Å². The molecule has 186 valence electrons. The van der Waals surface area contributed by atoms with Gasteiger partial charge in [-0.2, -0.15) is 0 Å². The smallest absolute Gasteiger partial charge is 0.345 e. The summed E-state index contributed by atoms with van der Waals surface area (Å²) >= 11 is 4.97. The Balaban J connectivity index is 1.42. The molecule has 2 atom stereocenters. The van der Waals surface area contributed by atoms with Crippen molar-refractivity contribution in [2.24, 2.45) is 0 Å². The number of carboxylic acids is 1. The van der Waals surface area contributed by atoms with Crippen LogP contribution in [0.5, 0.6) is 11.6 Å². The lowest BCUT2D eigenvalue weighted by Gasteiger charge is -2.25. The third-order valence-electron chi connectivity index (χ3n) is 5.81. The minimum Gasteiger partial charge on any atom is -0.478 e. The lowest BCUT2D eigenvalue weighted by molar-refractivity contribution is -0.145. The Morgan fingerprint density at radius 2 is 2.00 bits per heavy atom.